The SMILES string of the molecule is CC1OCCC1N(C)CC(C(=O)NN)c1ccccc1. The fourth-order valence-electron chi connectivity index (χ4n) is 2.85. The minimum absolute atomic E-state index is 0.158. The molecule has 1 aliphatic rings. The summed E-state index contributed by atoms with van der Waals surface area (Å²) >= 11 is 0. The first kappa shape index (κ1) is 15.0. The van der Waals surface area contributed by atoms with Crippen LogP contribution in [0.2, 0.25) is 0 Å². The van der Waals surface area contributed by atoms with Crippen LogP contribution < -0.4 is 11.3 Å². The van der Waals surface area contributed by atoms with Gasteiger partial charge in [-0.15, -0.1) is 0 Å². The molecule has 0 aromatic heterocycles. The molecule has 1 aromatic rings. The summed E-state index contributed by atoms with van der Waals surface area (Å²) in [6, 6.07) is 10.1. The summed E-state index contributed by atoms with van der Waals surface area (Å²) < 4.78 is 5.59. The van der Waals surface area contributed by atoms with E-state index in [4.69, 9.17) is 10.6 Å². The van der Waals surface area contributed by atoms with Gasteiger partial charge in [0, 0.05) is 19.2 Å². The van der Waals surface area contributed by atoms with Crippen LogP contribution in [0.15, 0.2) is 30.3 Å². The Morgan fingerprint density at radius 1 is 1.50 bits per heavy atom. The average molecular weight is 277 g/mol. The number of nitrogens with one attached hydrogen (secondary N) is 1. The summed E-state index contributed by atoms with van der Waals surface area (Å²) in [5.74, 6) is 4.90. The number of amides is 1. The summed E-state index contributed by atoms with van der Waals surface area (Å²) in [6.45, 7) is 3.50. The van der Waals surface area contributed by atoms with E-state index in [0.717, 1.165) is 18.6 Å². The van der Waals surface area contributed by atoms with Crippen molar-refractivity contribution in [3.63, 3.8) is 0 Å². The van der Waals surface area contributed by atoms with Crippen LogP contribution in [0.4, 0.5) is 0 Å². The number of rotatable bonds is 5. The minimum Gasteiger partial charge on any atom is -0.377 e. The molecule has 0 radical (unpaired) electrons. The molecule has 0 aliphatic carbocycles. The predicted octanol–water partition coefficient (Wildman–Crippen LogP) is 0.869. The summed E-state index contributed by atoms with van der Waals surface area (Å²) in [6.07, 6.45) is 1.21. The molecule has 1 fully saturated rings. The van der Waals surface area contributed by atoms with E-state index >= 15 is 0 Å². The highest BCUT2D eigenvalue weighted by Gasteiger charge is 2.31. The van der Waals surface area contributed by atoms with Gasteiger partial charge in [0.1, 0.15) is 0 Å². The van der Waals surface area contributed by atoms with Crippen LogP contribution in [0, 0.1) is 0 Å². The Hall–Kier alpha value is -1.43. The summed E-state index contributed by atoms with van der Waals surface area (Å²) in [5, 5.41) is 0. The lowest BCUT2D eigenvalue weighted by atomic mass is 9.96. The molecule has 1 saturated heterocycles. The summed E-state index contributed by atoms with van der Waals surface area (Å²) in [5.41, 5.74) is 3.25. The van der Waals surface area contributed by atoms with E-state index in [1.807, 2.05) is 37.4 Å². The van der Waals surface area contributed by atoms with Crippen molar-refractivity contribution in [2.24, 2.45) is 5.84 Å². The van der Waals surface area contributed by atoms with Crippen molar-refractivity contribution >= 4 is 5.91 Å². The Labute approximate surface area is 120 Å². The van der Waals surface area contributed by atoms with Gasteiger partial charge >= 0.3 is 0 Å². The van der Waals surface area contributed by atoms with Gasteiger partial charge in [-0.05, 0) is 26.0 Å². The Bertz CT molecular complexity index is 438. The molecule has 3 unspecified atom stereocenters. The van der Waals surface area contributed by atoms with Crippen LogP contribution in [0.5, 0.6) is 0 Å². The molecule has 5 nitrogen and oxygen atoms in total. The fraction of sp³-hybridized carbons (Fsp3) is 0.533. The van der Waals surface area contributed by atoms with Crippen LogP contribution in [-0.4, -0.2) is 43.2 Å². The van der Waals surface area contributed by atoms with E-state index in [2.05, 4.69) is 17.2 Å². The van der Waals surface area contributed by atoms with Crippen LogP contribution in [0.3, 0.4) is 0 Å². The van der Waals surface area contributed by atoms with Gasteiger partial charge in [0.2, 0.25) is 5.91 Å². The normalized spacial score (nSPS) is 23.8. The number of nitrogens with two attached hydrogens (primary N) is 1. The Morgan fingerprint density at radius 3 is 2.75 bits per heavy atom. The smallest absolute Gasteiger partial charge is 0.242 e. The molecular formula is C15H23N3O2. The second kappa shape index (κ2) is 6.83. The Morgan fingerprint density at radius 2 is 2.20 bits per heavy atom. The number of hydrogen-bond acceptors (Lipinski definition) is 4. The molecule has 110 valence electrons. The zero-order valence-corrected chi connectivity index (χ0v) is 12.1. The van der Waals surface area contributed by atoms with E-state index in [0.29, 0.717) is 12.6 Å². The maximum atomic E-state index is 12.1. The third-order valence-electron chi connectivity index (χ3n) is 4.03. The Balaban J connectivity index is 2.10. The number of nitrogens with zero attached hydrogens (tertiary/aromatic N) is 1. The first-order valence-electron chi connectivity index (χ1n) is 7.00. The predicted molar refractivity (Wildman–Crippen MR) is 78.0 cm³/mol. The second-order valence-electron chi connectivity index (χ2n) is 5.34. The van der Waals surface area contributed by atoms with Gasteiger partial charge in [-0.3, -0.25) is 15.1 Å². The molecule has 3 atom stereocenters. The van der Waals surface area contributed by atoms with Gasteiger partial charge in [0.25, 0.3) is 0 Å². The topological polar surface area (TPSA) is 67.6 Å². The van der Waals surface area contributed by atoms with Crippen LogP contribution in [-0.2, 0) is 9.53 Å². The van der Waals surface area contributed by atoms with Crippen LogP contribution >= 0.6 is 0 Å². The third-order valence-corrected chi connectivity index (χ3v) is 4.03. The molecule has 0 spiro atoms. The molecule has 3 N–H and O–H groups in total. The molecule has 20 heavy (non-hydrogen) atoms. The van der Waals surface area contributed by atoms with Gasteiger partial charge in [0.15, 0.2) is 0 Å². The lowest BCUT2D eigenvalue weighted by molar-refractivity contribution is -0.123. The van der Waals surface area contributed by atoms with Crippen molar-refractivity contribution < 1.29 is 9.53 Å². The number of hydrazine groups is 1. The maximum absolute atomic E-state index is 12.1. The molecule has 1 amide bonds. The van der Waals surface area contributed by atoms with E-state index in [-0.39, 0.29) is 17.9 Å². The lowest BCUT2D eigenvalue weighted by Gasteiger charge is -2.29. The maximum Gasteiger partial charge on any atom is 0.242 e. The summed E-state index contributed by atoms with van der Waals surface area (Å²) in [7, 11) is 2.04. The first-order chi connectivity index (χ1) is 9.63. The molecule has 1 heterocycles. The van der Waals surface area contributed by atoms with Gasteiger partial charge in [0.05, 0.1) is 12.0 Å². The van der Waals surface area contributed by atoms with E-state index in [9.17, 15) is 4.79 Å². The average Bonchev–Trinajstić information content (AvgIpc) is 2.91. The van der Waals surface area contributed by atoms with Crippen molar-refractivity contribution in [1.29, 1.82) is 0 Å². The van der Waals surface area contributed by atoms with Gasteiger partial charge in [-0.1, -0.05) is 30.3 Å². The number of carbonyl (C=O) groups is 1. The van der Waals surface area contributed by atoms with Crippen LogP contribution in [0.1, 0.15) is 24.8 Å². The largest absolute Gasteiger partial charge is 0.377 e. The molecule has 0 saturated carbocycles. The number of likely N-dealkylation sites (N-methyl/N-ethyl adjacent to an activating group) is 1. The fourth-order valence-corrected chi connectivity index (χ4v) is 2.85. The van der Waals surface area contributed by atoms with Crippen molar-refractivity contribution in [1.82, 2.24) is 10.3 Å². The molecule has 2 rings (SSSR count). The minimum atomic E-state index is -0.265. The zero-order valence-electron chi connectivity index (χ0n) is 12.1. The number of hydrogen-bond donors (Lipinski definition) is 2. The molecule has 1 aromatic carbocycles. The van der Waals surface area contributed by atoms with Gasteiger partial charge in [-0.25, -0.2) is 5.84 Å². The number of ether oxygens (including phenoxy) is 1. The highest BCUT2D eigenvalue weighted by molar-refractivity contribution is 5.83. The highest BCUT2D eigenvalue weighted by Crippen LogP contribution is 2.23. The van der Waals surface area contributed by atoms with Crippen molar-refractivity contribution in [3.05, 3.63) is 35.9 Å². The quantitative estimate of drug-likeness (QED) is 0.476. The van der Waals surface area contributed by atoms with Crippen molar-refractivity contribution in [2.75, 3.05) is 20.2 Å². The van der Waals surface area contributed by atoms with Crippen molar-refractivity contribution in [3.8, 4) is 0 Å². The lowest BCUT2D eigenvalue weighted by Crippen LogP contribution is -2.44. The van der Waals surface area contributed by atoms with E-state index in [1.54, 1.807) is 0 Å². The summed E-state index contributed by atoms with van der Waals surface area (Å²) in [4.78, 5) is 14.2. The van der Waals surface area contributed by atoms with E-state index in [1.165, 1.54) is 0 Å². The van der Waals surface area contributed by atoms with Crippen LogP contribution in [0.25, 0.3) is 0 Å². The standard InChI is InChI=1S/C15H23N3O2/c1-11-14(8-9-20-11)18(2)10-13(15(19)17-16)12-6-4-3-5-7-12/h3-7,11,13-14H,8-10,16H2,1-2H3,(H,17,19). The van der Waals surface area contributed by atoms with E-state index < -0.39 is 0 Å². The third kappa shape index (κ3) is 3.36. The number of benzene rings is 1. The molecule has 5 heteroatoms. The number of carbonyl (C=O) groups excluding carboxylic acids is 1. The monoisotopic (exact) mass is 277 g/mol. The second-order valence-corrected chi connectivity index (χ2v) is 5.34. The highest BCUT2D eigenvalue weighted by atomic mass is 16.5. The molecule has 0 bridgehead atoms. The molecular weight excluding hydrogens is 254 g/mol. The Kier molecular flexibility index (Phi) is 5.11. The molecule has 1 aliphatic heterocycles. The van der Waals surface area contributed by atoms with Crippen molar-refractivity contribution in [2.45, 2.75) is 31.4 Å². The zero-order chi connectivity index (χ0) is 14.5. The van der Waals surface area contributed by atoms with Gasteiger partial charge < -0.3 is 4.74 Å². The van der Waals surface area contributed by atoms with Gasteiger partial charge in [-0.2, -0.15) is 0 Å². The first-order valence-corrected chi connectivity index (χ1v) is 7.00.